The molecule has 0 aliphatic heterocycles. The van der Waals surface area contributed by atoms with Crippen molar-refractivity contribution in [2.45, 2.75) is 24.8 Å². The zero-order valence-corrected chi connectivity index (χ0v) is 15.1. The Kier molecular flexibility index (Phi) is 6.04. The smallest absolute Gasteiger partial charge is 0.247 e. The fraction of sp³-hybridized carbons (Fsp3) is 0.375. The first-order valence-electron chi connectivity index (χ1n) is 7.26. The van der Waals surface area contributed by atoms with Crippen LogP contribution in [-0.4, -0.2) is 33.5 Å². The van der Waals surface area contributed by atoms with Gasteiger partial charge in [0, 0.05) is 19.2 Å². The number of thiophene rings is 1. The Labute approximate surface area is 141 Å². The molecule has 0 unspecified atom stereocenters. The second-order valence-corrected chi connectivity index (χ2v) is 7.67. The van der Waals surface area contributed by atoms with E-state index in [0.29, 0.717) is 18.8 Å². The zero-order chi connectivity index (χ0) is 16.9. The highest BCUT2D eigenvalue weighted by atomic mass is 32.2. The Hall–Kier alpha value is -1.57. The van der Waals surface area contributed by atoms with Crippen molar-refractivity contribution in [1.29, 1.82) is 0 Å². The van der Waals surface area contributed by atoms with Crippen LogP contribution in [0.1, 0.15) is 18.9 Å². The molecule has 7 heteroatoms. The molecule has 5 nitrogen and oxygen atoms in total. The Morgan fingerprint density at radius 3 is 2.52 bits per heavy atom. The average Bonchev–Trinajstić information content (AvgIpc) is 3.06. The van der Waals surface area contributed by atoms with Crippen LogP contribution in [0.3, 0.4) is 0 Å². The minimum Gasteiger partial charge on any atom is -0.497 e. The summed E-state index contributed by atoms with van der Waals surface area (Å²) in [6, 6.07) is 6.68. The summed E-state index contributed by atoms with van der Waals surface area (Å²) in [5.41, 5.74) is 0.986. The van der Waals surface area contributed by atoms with Crippen molar-refractivity contribution >= 4 is 21.4 Å². The lowest BCUT2D eigenvalue weighted by molar-refractivity contribution is 0.377. The number of benzene rings is 1. The predicted molar refractivity (Wildman–Crippen MR) is 91.8 cm³/mol. The van der Waals surface area contributed by atoms with E-state index in [1.807, 2.05) is 23.8 Å². The number of ether oxygens (including phenoxy) is 2. The van der Waals surface area contributed by atoms with Gasteiger partial charge in [0.1, 0.15) is 16.4 Å². The molecule has 23 heavy (non-hydrogen) atoms. The van der Waals surface area contributed by atoms with E-state index in [1.54, 1.807) is 23.5 Å². The van der Waals surface area contributed by atoms with Gasteiger partial charge in [0.15, 0.2) is 0 Å². The summed E-state index contributed by atoms with van der Waals surface area (Å²) in [6.07, 6.45) is 0.738. The van der Waals surface area contributed by atoms with E-state index in [2.05, 4.69) is 0 Å². The maximum Gasteiger partial charge on any atom is 0.247 e. The molecule has 0 saturated heterocycles. The van der Waals surface area contributed by atoms with Crippen molar-refractivity contribution in [3.8, 4) is 11.5 Å². The quantitative estimate of drug-likeness (QED) is 0.728. The maximum atomic E-state index is 13.0. The van der Waals surface area contributed by atoms with Crippen molar-refractivity contribution in [3.05, 3.63) is 40.6 Å². The van der Waals surface area contributed by atoms with E-state index in [0.717, 1.165) is 12.0 Å². The summed E-state index contributed by atoms with van der Waals surface area (Å²) < 4.78 is 37.9. The van der Waals surface area contributed by atoms with Crippen LogP contribution in [0.2, 0.25) is 0 Å². The van der Waals surface area contributed by atoms with Crippen LogP contribution in [0.15, 0.2) is 39.9 Å². The van der Waals surface area contributed by atoms with E-state index in [1.165, 1.54) is 24.6 Å². The van der Waals surface area contributed by atoms with Gasteiger partial charge in [-0.3, -0.25) is 0 Å². The molecule has 2 aromatic rings. The van der Waals surface area contributed by atoms with Crippen molar-refractivity contribution in [2.75, 3.05) is 20.8 Å². The molecule has 0 aliphatic carbocycles. The normalized spacial score (nSPS) is 11.7. The summed E-state index contributed by atoms with van der Waals surface area (Å²) in [7, 11) is -0.664. The highest BCUT2D eigenvalue weighted by Crippen LogP contribution is 2.31. The molecule has 1 heterocycles. The second kappa shape index (κ2) is 7.81. The summed E-state index contributed by atoms with van der Waals surface area (Å²) in [4.78, 5) is 0.157. The molecule has 0 amide bonds. The predicted octanol–water partition coefficient (Wildman–Crippen LogP) is 3.37. The molecular weight excluding hydrogens is 334 g/mol. The number of hydrogen-bond donors (Lipinski definition) is 0. The van der Waals surface area contributed by atoms with Crippen LogP contribution in [0.25, 0.3) is 0 Å². The number of methoxy groups -OCH3 is 2. The third-order valence-corrected chi connectivity index (χ3v) is 6.02. The molecule has 0 bridgehead atoms. The van der Waals surface area contributed by atoms with Crippen LogP contribution in [-0.2, 0) is 16.6 Å². The summed E-state index contributed by atoms with van der Waals surface area (Å²) in [6.45, 7) is 2.77. The fourth-order valence-electron chi connectivity index (χ4n) is 2.25. The molecule has 0 fully saturated rings. The van der Waals surface area contributed by atoms with Crippen molar-refractivity contribution in [2.24, 2.45) is 0 Å². The molecule has 0 N–H and O–H groups in total. The molecule has 126 valence electrons. The van der Waals surface area contributed by atoms with E-state index >= 15 is 0 Å². The molecule has 2 rings (SSSR count). The largest absolute Gasteiger partial charge is 0.497 e. The molecule has 1 aromatic heterocycles. The van der Waals surface area contributed by atoms with Crippen LogP contribution >= 0.6 is 11.3 Å². The van der Waals surface area contributed by atoms with Gasteiger partial charge in [0.05, 0.1) is 14.2 Å². The highest BCUT2D eigenvalue weighted by Gasteiger charge is 2.27. The van der Waals surface area contributed by atoms with Gasteiger partial charge in [-0.15, -0.1) is 0 Å². The minimum atomic E-state index is -3.65. The lowest BCUT2D eigenvalue weighted by Gasteiger charge is -2.22. The van der Waals surface area contributed by atoms with Gasteiger partial charge in [-0.25, -0.2) is 8.42 Å². The topological polar surface area (TPSA) is 55.8 Å². The van der Waals surface area contributed by atoms with Crippen molar-refractivity contribution < 1.29 is 17.9 Å². The van der Waals surface area contributed by atoms with Crippen LogP contribution in [0.5, 0.6) is 11.5 Å². The van der Waals surface area contributed by atoms with Gasteiger partial charge in [-0.2, -0.15) is 15.6 Å². The van der Waals surface area contributed by atoms with Crippen LogP contribution in [0.4, 0.5) is 0 Å². The van der Waals surface area contributed by atoms with E-state index in [4.69, 9.17) is 9.47 Å². The zero-order valence-electron chi connectivity index (χ0n) is 13.5. The summed E-state index contributed by atoms with van der Waals surface area (Å²) in [5, 5.41) is 3.91. The monoisotopic (exact) mass is 355 g/mol. The molecular formula is C16H21NO4S2. The van der Waals surface area contributed by atoms with Gasteiger partial charge in [0.25, 0.3) is 0 Å². The first-order valence-corrected chi connectivity index (χ1v) is 9.64. The second-order valence-electron chi connectivity index (χ2n) is 4.99. The van der Waals surface area contributed by atoms with Gasteiger partial charge in [-0.1, -0.05) is 6.92 Å². The Bertz CT molecular complexity index is 727. The summed E-state index contributed by atoms with van der Waals surface area (Å²) >= 11 is 1.56. The Morgan fingerprint density at radius 2 is 1.96 bits per heavy atom. The average molecular weight is 355 g/mol. The highest BCUT2D eigenvalue weighted by molar-refractivity contribution is 7.89. The van der Waals surface area contributed by atoms with Crippen molar-refractivity contribution in [1.82, 2.24) is 4.31 Å². The van der Waals surface area contributed by atoms with Crippen LogP contribution in [0, 0.1) is 0 Å². The SMILES string of the molecule is CCCN(Cc1ccsc1)S(=O)(=O)c1ccc(OC)cc1OC. The molecule has 0 atom stereocenters. The fourth-order valence-corrected chi connectivity index (χ4v) is 4.56. The molecule has 0 aliphatic rings. The number of rotatable bonds is 8. The molecule has 1 aromatic carbocycles. The Morgan fingerprint density at radius 1 is 1.17 bits per heavy atom. The number of sulfonamides is 1. The van der Waals surface area contributed by atoms with E-state index < -0.39 is 10.0 Å². The minimum absolute atomic E-state index is 0.157. The Balaban J connectivity index is 2.40. The standard InChI is InChI=1S/C16H21NO4S2/c1-4-8-17(11-13-7-9-22-12-13)23(18,19)16-6-5-14(20-2)10-15(16)21-3/h5-7,9-10,12H,4,8,11H2,1-3H3. The van der Waals surface area contributed by atoms with Gasteiger partial charge in [0.2, 0.25) is 10.0 Å². The summed E-state index contributed by atoms with van der Waals surface area (Å²) in [5.74, 6) is 0.844. The maximum absolute atomic E-state index is 13.0. The third kappa shape index (κ3) is 4.04. The molecule has 0 spiro atoms. The first kappa shape index (κ1) is 17.8. The van der Waals surface area contributed by atoms with E-state index in [-0.39, 0.29) is 10.6 Å². The van der Waals surface area contributed by atoms with Crippen molar-refractivity contribution in [3.63, 3.8) is 0 Å². The van der Waals surface area contributed by atoms with Crippen LogP contribution < -0.4 is 9.47 Å². The van der Waals surface area contributed by atoms with Gasteiger partial charge in [-0.05, 0) is 40.9 Å². The lowest BCUT2D eigenvalue weighted by atomic mass is 10.3. The van der Waals surface area contributed by atoms with Gasteiger partial charge >= 0.3 is 0 Å². The lowest BCUT2D eigenvalue weighted by Crippen LogP contribution is -2.31. The number of hydrogen-bond acceptors (Lipinski definition) is 5. The molecule has 0 radical (unpaired) electrons. The first-order chi connectivity index (χ1) is 11.0. The molecule has 0 saturated carbocycles. The number of nitrogens with zero attached hydrogens (tertiary/aromatic N) is 1. The third-order valence-electron chi connectivity index (χ3n) is 3.40. The van der Waals surface area contributed by atoms with Gasteiger partial charge < -0.3 is 9.47 Å². The van der Waals surface area contributed by atoms with E-state index in [9.17, 15) is 8.42 Å².